The fraction of sp³-hybridized carbons (Fsp3) is 0.316. The molecule has 4 rings (SSSR count). The van der Waals surface area contributed by atoms with Gasteiger partial charge in [0.05, 0.1) is 16.6 Å². The van der Waals surface area contributed by atoms with Crippen molar-refractivity contribution in [3.8, 4) is 0 Å². The number of amides is 1. The smallest absolute Gasteiger partial charge is 0.257 e. The Morgan fingerprint density at radius 3 is 3.00 bits per heavy atom. The van der Waals surface area contributed by atoms with E-state index >= 15 is 0 Å². The molecular formula is C19H18BrN3O2. The number of aryl methyl sites for hydroxylation is 1. The number of hydrogen-bond acceptors (Lipinski definition) is 4. The number of aromatic nitrogens is 2. The zero-order chi connectivity index (χ0) is 17.6. The summed E-state index contributed by atoms with van der Waals surface area (Å²) in [6, 6.07) is 8.28. The molecule has 0 saturated heterocycles. The van der Waals surface area contributed by atoms with Crippen LogP contribution in [0.2, 0.25) is 0 Å². The number of nitrogens with zero attached hydrogens (tertiary/aromatic N) is 3. The van der Waals surface area contributed by atoms with Gasteiger partial charge in [-0.1, -0.05) is 34.1 Å². The number of rotatable bonds is 2. The normalized spacial score (nSPS) is 16.9. The van der Waals surface area contributed by atoms with Crippen molar-refractivity contribution in [1.29, 1.82) is 0 Å². The summed E-state index contributed by atoms with van der Waals surface area (Å²) in [5, 5.41) is 4.83. The Hall–Kier alpha value is -2.21. The van der Waals surface area contributed by atoms with Crippen LogP contribution in [0.5, 0.6) is 0 Å². The molecule has 1 atom stereocenters. The van der Waals surface area contributed by atoms with Crippen molar-refractivity contribution in [3.63, 3.8) is 0 Å². The molecule has 0 radical (unpaired) electrons. The average Bonchev–Trinajstić information content (AvgIpc) is 3.03. The quantitative estimate of drug-likeness (QED) is 0.649. The van der Waals surface area contributed by atoms with E-state index in [1.54, 1.807) is 6.20 Å². The summed E-state index contributed by atoms with van der Waals surface area (Å²) in [5.41, 5.74) is 4.39. The molecule has 0 bridgehead atoms. The molecule has 0 fully saturated rings. The molecule has 1 aromatic carbocycles. The molecule has 0 spiro atoms. The van der Waals surface area contributed by atoms with E-state index in [1.165, 1.54) is 11.1 Å². The Morgan fingerprint density at radius 1 is 1.36 bits per heavy atom. The number of halogens is 1. The van der Waals surface area contributed by atoms with E-state index < -0.39 is 0 Å². The molecule has 1 aliphatic heterocycles. The van der Waals surface area contributed by atoms with Crippen LogP contribution in [-0.2, 0) is 19.4 Å². The lowest BCUT2D eigenvalue weighted by Crippen LogP contribution is -2.42. The molecule has 0 saturated carbocycles. The number of fused-ring (bicyclic) bond motifs is 2. The van der Waals surface area contributed by atoms with E-state index in [1.807, 2.05) is 17.9 Å². The zero-order valence-electron chi connectivity index (χ0n) is 14.1. The van der Waals surface area contributed by atoms with Crippen molar-refractivity contribution in [2.75, 3.05) is 0 Å². The van der Waals surface area contributed by atoms with E-state index in [4.69, 9.17) is 4.52 Å². The van der Waals surface area contributed by atoms with Gasteiger partial charge >= 0.3 is 0 Å². The van der Waals surface area contributed by atoms with Gasteiger partial charge in [0.1, 0.15) is 0 Å². The van der Waals surface area contributed by atoms with Crippen LogP contribution in [0.4, 0.5) is 0 Å². The Labute approximate surface area is 154 Å². The number of benzene rings is 1. The summed E-state index contributed by atoms with van der Waals surface area (Å²) in [6.45, 7) is 4.70. The average molecular weight is 400 g/mol. The van der Waals surface area contributed by atoms with Crippen LogP contribution in [0.15, 0.2) is 39.5 Å². The van der Waals surface area contributed by atoms with Gasteiger partial charge in [-0.3, -0.25) is 4.79 Å². The Kier molecular flexibility index (Phi) is 4.07. The fourth-order valence-corrected chi connectivity index (χ4v) is 3.81. The third kappa shape index (κ3) is 2.84. The van der Waals surface area contributed by atoms with Crippen molar-refractivity contribution >= 4 is 32.9 Å². The lowest BCUT2D eigenvalue weighted by atomic mass is 9.94. The molecule has 1 amide bonds. The summed E-state index contributed by atoms with van der Waals surface area (Å²) in [7, 11) is 0. The van der Waals surface area contributed by atoms with E-state index in [0.717, 1.165) is 28.4 Å². The molecule has 2 aromatic heterocycles. The first-order chi connectivity index (χ1) is 12.1. The fourth-order valence-electron chi connectivity index (χ4n) is 3.40. The molecular weight excluding hydrogens is 382 g/mol. The molecule has 5 nitrogen and oxygen atoms in total. The van der Waals surface area contributed by atoms with Gasteiger partial charge in [0.25, 0.3) is 11.6 Å². The van der Waals surface area contributed by atoms with E-state index in [0.29, 0.717) is 17.8 Å². The van der Waals surface area contributed by atoms with Gasteiger partial charge in [0, 0.05) is 23.3 Å². The van der Waals surface area contributed by atoms with Gasteiger partial charge in [-0.25, -0.2) is 4.98 Å². The Balaban J connectivity index is 1.68. The highest BCUT2D eigenvalue weighted by atomic mass is 79.9. The highest BCUT2D eigenvalue weighted by molar-refractivity contribution is 9.10. The summed E-state index contributed by atoms with van der Waals surface area (Å²) >= 11 is 3.52. The minimum absolute atomic E-state index is 0.00391. The molecule has 128 valence electrons. The Bertz CT molecular complexity index is 966. The van der Waals surface area contributed by atoms with Crippen LogP contribution in [0.1, 0.15) is 41.0 Å². The summed E-state index contributed by atoms with van der Waals surface area (Å²) in [6.07, 6.45) is 3.18. The number of hydrogen-bond donors (Lipinski definition) is 0. The van der Waals surface area contributed by atoms with Crippen molar-refractivity contribution in [2.45, 2.75) is 39.3 Å². The van der Waals surface area contributed by atoms with Crippen molar-refractivity contribution in [3.05, 3.63) is 57.3 Å². The van der Waals surface area contributed by atoms with Gasteiger partial charge in [-0.05, 0) is 49.1 Å². The third-order valence-corrected chi connectivity index (χ3v) is 5.30. The van der Waals surface area contributed by atoms with Gasteiger partial charge in [-0.2, -0.15) is 0 Å². The third-order valence-electron chi connectivity index (χ3n) is 4.80. The molecule has 1 unspecified atom stereocenters. The topological polar surface area (TPSA) is 59.2 Å². The van der Waals surface area contributed by atoms with Crippen molar-refractivity contribution in [2.24, 2.45) is 0 Å². The van der Waals surface area contributed by atoms with Crippen LogP contribution in [0.25, 0.3) is 11.1 Å². The van der Waals surface area contributed by atoms with Crippen LogP contribution in [0.3, 0.4) is 0 Å². The molecule has 3 heterocycles. The first-order valence-electron chi connectivity index (χ1n) is 8.39. The van der Waals surface area contributed by atoms with Crippen LogP contribution in [-0.4, -0.2) is 27.0 Å². The standard InChI is InChI=1S/C19H18BrN3O2/c1-3-17-16-8-13(9-21-18(16)25-22-17)19(24)23-10-14-7-15(20)5-4-12(14)6-11(23)2/h4-5,7-9,11H,3,6,10H2,1-2H3. The minimum atomic E-state index is -0.00391. The first kappa shape index (κ1) is 16.3. The maximum absolute atomic E-state index is 13.1. The maximum Gasteiger partial charge on any atom is 0.257 e. The second-order valence-corrected chi connectivity index (χ2v) is 7.37. The molecule has 6 heteroatoms. The minimum Gasteiger partial charge on any atom is -0.336 e. The highest BCUT2D eigenvalue weighted by Gasteiger charge is 2.28. The van der Waals surface area contributed by atoms with Crippen LogP contribution < -0.4 is 0 Å². The SMILES string of the molecule is CCc1noc2ncc(C(=O)N3Cc4cc(Br)ccc4CC3C)cc12. The van der Waals surface area contributed by atoms with Gasteiger partial charge in [0.2, 0.25) is 0 Å². The largest absolute Gasteiger partial charge is 0.336 e. The van der Waals surface area contributed by atoms with E-state index in [9.17, 15) is 4.79 Å². The van der Waals surface area contributed by atoms with Crippen molar-refractivity contribution < 1.29 is 9.32 Å². The summed E-state index contributed by atoms with van der Waals surface area (Å²) in [5.74, 6) is -0.00391. The molecule has 25 heavy (non-hydrogen) atoms. The number of pyridine rings is 1. The van der Waals surface area contributed by atoms with E-state index in [-0.39, 0.29) is 11.9 Å². The molecule has 0 aliphatic carbocycles. The van der Waals surface area contributed by atoms with Gasteiger partial charge in [-0.15, -0.1) is 0 Å². The number of carbonyl (C=O) groups is 1. The van der Waals surface area contributed by atoms with Gasteiger partial charge < -0.3 is 9.42 Å². The molecule has 0 N–H and O–H groups in total. The second kappa shape index (κ2) is 6.26. The predicted octanol–water partition coefficient (Wildman–Crippen LogP) is 4.13. The summed E-state index contributed by atoms with van der Waals surface area (Å²) < 4.78 is 6.25. The number of carbonyl (C=O) groups excluding carboxylic acids is 1. The highest BCUT2D eigenvalue weighted by Crippen LogP contribution is 2.28. The Morgan fingerprint density at radius 2 is 2.20 bits per heavy atom. The maximum atomic E-state index is 13.1. The van der Waals surface area contributed by atoms with E-state index in [2.05, 4.69) is 51.2 Å². The van der Waals surface area contributed by atoms with Crippen molar-refractivity contribution in [1.82, 2.24) is 15.0 Å². The summed E-state index contributed by atoms with van der Waals surface area (Å²) in [4.78, 5) is 19.3. The first-order valence-corrected chi connectivity index (χ1v) is 9.18. The van der Waals surface area contributed by atoms with Crippen LogP contribution >= 0.6 is 15.9 Å². The molecule has 1 aliphatic rings. The monoisotopic (exact) mass is 399 g/mol. The molecule has 3 aromatic rings. The predicted molar refractivity (Wildman–Crippen MR) is 98.4 cm³/mol. The lowest BCUT2D eigenvalue weighted by molar-refractivity contribution is 0.0658. The zero-order valence-corrected chi connectivity index (χ0v) is 15.7. The van der Waals surface area contributed by atoms with Crippen LogP contribution in [0, 0.1) is 0 Å². The van der Waals surface area contributed by atoms with Gasteiger partial charge in [0.15, 0.2) is 0 Å². The second-order valence-electron chi connectivity index (χ2n) is 6.46. The lowest BCUT2D eigenvalue weighted by Gasteiger charge is -2.35.